The van der Waals surface area contributed by atoms with Gasteiger partial charge in [0.15, 0.2) is 5.96 Å². The van der Waals surface area contributed by atoms with Gasteiger partial charge >= 0.3 is 0 Å². The van der Waals surface area contributed by atoms with E-state index in [-0.39, 0.29) is 6.61 Å². The maximum Gasteiger partial charge on any atom is 0.191 e. The number of nitrogens with zero attached hydrogens (tertiary/aromatic N) is 1. The number of hydrogen-bond donors (Lipinski definition) is 3. The summed E-state index contributed by atoms with van der Waals surface area (Å²) in [6.07, 6.45) is 4.34. The van der Waals surface area contributed by atoms with Crippen LogP contribution >= 0.6 is 0 Å². The van der Waals surface area contributed by atoms with Gasteiger partial charge in [0.05, 0.1) is 6.54 Å². The highest BCUT2D eigenvalue weighted by atomic mass is 16.5. The lowest BCUT2D eigenvalue weighted by molar-refractivity contribution is 0.114. The fourth-order valence-corrected chi connectivity index (χ4v) is 2.73. The summed E-state index contributed by atoms with van der Waals surface area (Å²) in [6.45, 7) is 5.45. The van der Waals surface area contributed by atoms with Crippen LogP contribution in [0, 0.1) is 6.92 Å². The van der Waals surface area contributed by atoms with E-state index in [1.165, 1.54) is 25.7 Å². The molecule has 1 aliphatic carbocycles. The van der Waals surface area contributed by atoms with Gasteiger partial charge in [-0.2, -0.15) is 0 Å². The van der Waals surface area contributed by atoms with E-state index in [2.05, 4.69) is 15.6 Å². The van der Waals surface area contributed by atoms with E-state index >= 15 is 0 Å². The predicted octanol–water partition coefficient (Wildman–Crippen LogP) is 2.23. The second-order valence-electron chi connectivity index (χ2n) is 6.13. The summed E-state index contributed by atoms with van der Waals surface area (Å²) in [7, 11) is 0. The van der Waals surface area contributed by atoms with Gasteiger partial charge in [0.25, 0.3) is 0 Å². The zero-order valence-electron chi connectivity index (χ0n) is 14.2. The molecule has 1 aliphatic rings. The van der Waals surface area contributed by atoms with Crippen LogP contribution in [0.3, 0.4) is 0 Å². The molecule has 0 heterocycles. The Balaban J connectivity index is 1.78. The van der Waals surface area contributed by atoms with Crippen molar-refractivity contribution in [3.63, 3.8) is 0 Å². The van der Waals surface area contributed by atoms with Crippen molar-refractivity contribution in [2.24, 2.45) is 4.99 Å². The zero-order chi connectivity index (χ0) is 16.5. The Labute approximate surface area is 139 Å². The maximum absolute atomic E-state index is 10.1. The SMILES string of the molecule is CCNC(=NCC(O)COc1cccc(C)c1)NC1CCCC1. The second-order valence-corrected chi connectivity index (χ2v) is 6.13. The Morgan fingerprint density at radius 2 is 2.17 bits per heavy atom. The molecule has 1 saturated carbocycles. The first-order valence-electron chi connectivity index (χ1n) is 8.59. The first-order valence-corrected chi connectivity index (χ1v) is 8.59. The molecule has 23 heavy (non-hydrogen) atoms. The van der Waals surface area contributed by atoms with Crippen LogP contribution in [0.1, 0.15) is 38.2 Å². The molecule has 5 nitrogen and oxygen atoms in total. The number of hydrogen-bond acceptors (Lipinski definition) is 3. The Morgan fingerprint density at radius 3 is 2.87 bits per heavy atom. The Kier molecular flexibility index (Phi) is 7.20. The van der Waals surface area contributed by atoms with E-state index in [0.29, 0.717) is 12.6 Å². The van der Waals surface area contributed by atoms with Crippen LogP contribution in [-0.2, 0) is 0 Å². The van der Waals surface area contributed by atoms with E-state index in [1.54, 1.807) is 0 Å². The second kappa shape index (κ2) is 9.40. The molecular weight excluding hydrogens is 290 g/mol. The van der Waals surface area contributed by atoms with Gasteiger partial charge in [-0.1, -0.05) is 25.0 Å². The molecule has 2 rings (SSSR count). The molecule has 1 aromatic rings. The third kappa shape index (κ3) is 6.48. The van der Waals surface area contributed by atoms with Gasteiger partial charge in [-0.15, -0.1) is 0 Å². The molecular formula is C18H29N3O2. The Morgan fingerprint density at radius 1 is 1.39 bits per heavy atom. The lowest BCUT2D eigenvalue weighted by Crippen LogP contribution is -2.43. The third-order valence-electron chi connectivity index (χ3n) is 3.93. The number of benzene rings is 1. The smallest absolute Gasteiger partial charge is 0.191 e. The highest BCUT2D eigenvalue weighted by molar-refractivity contribution is 5.80. The number of nitrogens with one attached hydrogen (secondary N) is 2. The van der Waals surface area contributed by atoms with E-state index < -0.39 is 6.10 Å². The molecule has 3 N–H and O–H groups in total. The van der Waals surface area contributed by atoms with Crippen LogP contribution in [-0.4, -0.2) is 42.9 Å². The van der Waals surface area contributed by atoms with Gasteiger partial charge in [-0.3, -0.25) is 4.99 Å². The normalized spacial score (nSPS) is 17.1. The van der Waals surface area contributed by atoms with E-state index in [1.807, 2.05) is 38.1 Å². The molecule has 0 saturated heterocycles. The standard InChI is InChI=1S/C18H29N3O2/c1-3-19-18(21-15-8-4-5-9-15)20-12-16(22)13-23-17-10-6-7-14(2)11-17/h6-7,10-11,15-16,22H,3-5,8-9,12-13H2,1-2H3,(H2,19,20,21). The van der Waals surface area contributed by atoms with Gasteiger partial charge in [0, 0.05) is 12.6 Å². The fraction of sp³-hybridized carbons (Fsp3) is 0.611. The lowest BCUT2D eigenvalue weighted by Gasteiger charge is -2.17. The summed E-state index contributed by atoms with van der Waals surface area (Å²) >= 11 is 0. The number of aliphatic hydroxyl groups is 1. The first kappa shape index (κ1) is 17.6. The van der Waals surface area contributed by atoms with Crippen molar-refractivity contribution >= 4 is 5.96 Å². The highest BCUT2D eigenvalue weighted by Gasteiger charge is 2.16. The van der Waals surface area contributed by atoms with Crippen LogP contribution in [0.15, 0.2) is 29.3 Å². The molecule has 1 aromatic carbocycles. The van der Waals surface area contributed by atoms with E-state index in [0.717, 1.165) is 23.8 Å². The van der Waals surface area contributed by atoms with Crippen molar-refractivity contribution in [1.29, 1.82) is 0 Å². The molecule has 1 atom stereocenters. The van der Waals surface area contributed by atoms with Crippen LogP contribution < -0.4 is 15.4 Å². The highest BCUT2D eigenvalue weighted by Crippen LogP contribution is 2.17. The summed E-state index contributed by atoms with van der Waals surface area (Å²) < 4.78 is 5.61. The van der Waals surface area contributed by atoms with E-state index in [9.17, 15) is 5.11 Å². The molecule has 0 bridgehead atoms. The fourth-order valence-electron chi connectivity index (χ4n) is 2.73. The average Bonchev–Trinajstić information content (AvgIpc) is 3.04. The molecule has 0 aliphatic heterocycles. The first-order chi connectivity index (χ1) is 11.2. The average molecular weight is 319 g/mol. The van der Waals surface area contributed by atoms with Crippen molar-refractivity contribution in [2.45, 2.75) is 51.7 Å². The summed E-state index contributed by atoms with van der Waals surface area (Å²) in [4.78, 5) is 4.47. The summed E-state index contributed by atoms with van der Waals surface area (Å²) in [5.41, 5.74) is 1.14. The summed E-state index contributed by atoms with van der Waals surface area (Å²) in [6, 6.07) is 8.33. The minimum atomic E-state index is -0.616. The van der Waals surface area contributed by atoms with Crippen LogP contribution in [0.25, 0.3) is 0 Å². The minimum Gasteiger partial charge on any atom is -0.491 e. The molecule has 0 spiro atoms. The molecule has 1 fully saturated rings. The molecule has 0 amide bonds. The number of rotatable bonds is 7. The topological polar surface area (TPSA) is 65.9 Å². The number of guanidine groups is 1. The van der Waals surface area contributed by atoms with Crippen molar-refractivity contribution in [3.8, 4) is 5.75 Å². The van der Waals surface area contributed by atoms with Crippen LogP contribution in [0.5, 0.6) is 5.75 Å². The quantitative estimate of drug-likeness (QED) is 0.533. The van der Waals surface area contributed by atoms with Gasteiger partial charge in [0.2, 0.25) is 0 Å². The monoisotopic (exact) mass is 319 g/mol. The predicted molar refractivity (Wildman–Crippen MR) is 94.1 cm³/mol. The van der Waals surface area contributed by atoms with Crippen molar-refractivity contribution in [2.75, 3.05) is 19.7 Å². The van der Waals surface area contributed by atoms with Gasteiger partial charge in [-0.05, 0) is 44.4 Å². The van der Waals surface area contributed by atoms with Crippen LogP contribution in [0.2, 0.25) is 0 Å². The largest absolute Gasteiger partial charge is 0.491 e. The molecule has 1 unspecified atom stereocenters. The number of ether oxygens (including phenoxy) is 1. The van der Waals surface area contributed by atoms with E-state index in [4.69, 9.17) is 4.74 Å². The zero-order valence-corrected chi connectivity index (χ0v) is 14.2. The molecule has 128 valence electrons. The lowest BCUT2D eigenvalue weighted by atomic mass is 10.2. The van der Waals surface area contributed by atoms with Gasteiger partial charge in [-0.25, -0.2) is 0 Å². The van der Waals surface area contributed by atoms with Crippen LogP contribution in [0.4, 0.5) is 0 Å². The van der Waals surface area contributed by atoms with Gasteiger partial charge in [0.1, 0.15) is 18.5 Å². The summed E-state index contributed by atoms with van der Waals surface area (Å²) in [5, 5.41) is 16.7. The molecule has 5 heteroatoms. The van der Waals surface area contributed by atoms with Crippen molar-refractivity contribution in [3.05, 3.63) is 29.8 Å². The number of aryl methyl sites for hydroxylation is 1. The molecule has 0 radical (unpaired) electrons. The minimum absolute atomic E-state index is 0.246. The van der Waals surface area contributed by atoms with Crippen molar-refractivity contribution < 1.29 is 9.84 Å². The Hall–Kier alpha value is -1.75. The number of aliphatic imine (C=N–C) groups is 1. The Bertz CT molecular complexity index is 499. The van der Waals surface area contributed by atoms with Crippen molar-refractivity contribution in [1.82, 2.24) is 10.6 Å². The van der Waals surface area contributed by atoms with Gasteiger partial charge < -0.3 is 20.5 Å². The number of aliphatic hydroxyl groups excluding tert-OH is 1. The third-order valence-corrected chi connectivity index (χ3v) is 3.93. The summed E-state index contributed by atoms with van der Waals surface area (Å²) in [5.74, 6) is 1.57. The maximum atomic E-state index is 10.1. The molecule has 0 aromatic heterocycles.